The highest BCUT2D eigenvalue weighted by Gasteiger charge is 2.66. The largest absolute Gasteiger partial charge is 0.453 e. The molecule has 0 N–H and O–H groups in total. The van der Waals surface area contributed by atoms with Gasteiger partial charge in [-0.1, -0.05) is 39.0 Å². The maximum absolute atomic E-state index is 12.8. The van der Waals surface area contributed by atoms with Gasteiger partial charge in [0.05, 0.1) is 11.8 Å². The van der Waals surface area contributed by atoms with Gasteiger partial charge in [0.25, 0.3) is 16.6 Å². The highest BCUT2D eigenvalue weighted by Crippen LogP contribution is 2.47. The van der Waals surface area contributed by atoms with Gasteiger partial charge in [-0.05, 0) is 30.3 Å². The van der Waals surface area contributed by atoms with Gasteiger partial charge in [-0.2, -0.15) is 8.42 Å². The summed E-state index contributed by atoms with van der Waals surface area (Å²) < 4.78 is 59.3. The number of hydrogen-bond donors (Lipinski definition) is 0. The van der Waals surface area contributed by atoms with Crippen LogP contribution in [0, 0.1) is 0 Å². The van der Waals surface area contributed by atoms with Gasteiger partial charge in [0.1, 0.15) is 30.5 Å². The van der Waals surface area contributed by atoms with Gasteiger partial charge in [-0.3, -0.25) is 4.18 Å². The molecule has 1 saturated carbocycles. The summed E-state index contributed by atoms with van der Waals surface area (Å²) in [5.41, 5.74) is 0.361. The van der Waals surface area contributed by atoms with Crippen LogP contribution in [0.5, 0.6) is 0 Å². The van der Waals surface area contributed by atoms with Crippen molar-refractivity contribution < 1.29 is 40.8 Å². The number of hydrogen-bond acceptors (Lipinski definition) is 9. The Morgan fingerprint density at radius 1 is 0.938 bits per heavy atom. The van der Waals surface area contributed by atoms with E-state index in [1.807, 2.05) is 0 Å². The summed E-state index contributed by atoms with van der Waals surface area (Å²) in [5.74, 6) is -0.569. The molecule has 3 aliphatic heterocycles. The van der Waals surface area contributed by atoms with Crippen molar-refractivity contribution in [1.29, 1.82) is 0 Å². The zero-order valence-electron chi connectivity index (χ0n) is 19.0. The van der Waals surface area contributed by atoms with E-state index in [9.17, 15) is 13.2 Å². The maximum atomic E-state index is 12.8. The molecule has 0 unspecified atom stereocenters. The summed E-state index contributed by atoms with van der Waals surface area (Å²) in [7, 11) is -6.19. The first-order valence-corrected chi connectivity index (χ1v) is 15.3. The minimum atomic E-state index is -3.85. The zero-order chi connectivity index (χ0) is 23.5. The molecule has 9 nitrogen and oxygen atoms in total. The molecule has 0 amide bonds. The number of ether oxygens (including phenoxy) is 4. The summed E-state index contributed by atoms with van der Waals surface area (Å²) in [6.45, 7) is 9.44. The Balaban J connectivity index is 1.67. The van der Waals surface area contributed by atoms with Crippen LogP contribution in [0.15, 0.2) is 30.3 Å². The summed E-state index contributed by atoms with van der Waals surface area (Å²) in [6.07, 6.45) is -3.99. The lowest BCUT2D eigenvalue weighted by Gasteiger charge is -2.59. The van der Waals surface area contributed by atoms with Gasteiger partial charge in [0, 0.05) is 0 Å². The maximum Gasteiger partial charge on any atom is 0.338 e. The van der Waals surface area contributed by atoms with E-state index in [4.69, 9.17) is 27.6 Å². The first-order chi connectivity index (χ1) is 14.8. The molecule has 0 aromatic heterocycles. The third-order valence-corrected chi connectivity index (χ3v) is 11.6. The lowest BCUT2D eigenvalue weighted by atomic mass is 9.82. The monoisotopic (exact) mass is 486 g/mol. The van der Waals surface area contributed by atoms with Crippen LogP contribution in [0.1, 0.15) is 31.1 Å². The second-order valence-corrected chi connectivity index (χ2v) is 16.3. The Kier molecular flexibility index (Phi) is 6.06. The van der Waals surface area contributed by atoms with Crippen molar-refractivity contribution in [2.75, 3.05) is 6.26 Å². The molecule has 0 spiro atoms. The van der Waals surface area contributed by atoms with Crippen molar-refractivity contribution >= 4 is 24.4 Å². The van der Waals surface area contributed by atoms with Crippen LogP contribution in [0.2, 0.25) is 18.1 Å². The molecule has 0 radical (unpaired) electrons. The van der Waals surface area contributed by atoms with Gasteiger partial charge in [0.15, 0.2) is 14.4 Å². The fraction of sp³-hybridized carbons (Fsp3) is 0.667. The normalized spacial score (nSPS) is 34.5. The van der Waals surface area contributed by atoms with Crippen LogP contribution in [-0.4, -0.2) is 72.1 Å². The highest BCUT2D eigenvalue weighted by molar-refractivity contribution is 7.86. The average Bonchev–Trinajstić information content (AvgIpc) is 2.68. The second-order valence-electron chi connectivity index (χ2n) is 9.93. The third-order valence-electron chi connectivity index (χ3n) is 6.52. The van der Waals surface area contributed by atoms with E-state index in [2.05, 4.69) is 33.9 Å². The lowest BCUT2D eigenvalue weighted by Crippen LogP contribution is -2.77. The Morgan fingerprint density at radius 2 is 1.47 bits per heavy atom. The van der Waals surface area contributed by atoms with Gasteiger partial charge in [-0.15, -0.1) is 0 Å². The molecule has 4 aliphatic rings. The summed E-state index contributed by atoms with van der Waals surface area (Å²) in [5, 5.41) is -0.123. The van der Waals surface area contributed by atoms with Gasteiger partial charge >= 0.3 is 5.97 Å². The first-order valence-electron chi connectivity index (χ1n) is 10.6. The summed E-state index contributed by atoms with van der Waals surface area (Å²) in [4.78, 5) is 12.8. The molecule has 4 fully saturated rings. The van der Waals surface area contributed by atoms with Crippen LogP contribution in [-0.2, 0) is 37.7 Å². The molecule has 1 aromatic rings. The molecule has 7 atom stereocenters. The van der Waals surface area contributed by atoms with Crippen LogP contribution in [0.4, 0.5) is 0 Å². The fourth-order valence-electron chi connectivity index (χ4n) is 3.93. The molecule has 4 bridgehead atoms. The molecule has 32 heavy (non-hydrogen) atoms. The van der Waals surface area contributed by atoms with E-state index < -0.39 is 67.5 Å². The molecule has 3 saturated heterocycles. The van der Waals surface area contributed by atoms with Crippen molar-refractivity contribution in [3.05, 3.63) is 35.9 Å². The quantitative estimate of drug-likeness (QED) is 0.340. The predicted octanol–water partition coefficient (Wildman–Crippen LogP) is 2.43. The Hall–Kier alpha value is -1.34. The summed E-state index contributed by atoms with van der Waals surface area (Å²) >= 11 is 0. The van der Waals surface area contributed by atoms with Crippen LogP contribution in [0.3, 0.4) is 0 Å². The number of rotatable bonds is 6. The number of benzene rings is 1. The molecular formula is C21H30O9SSi. The summed E-state index contributed by atoms with van der Waals surface area (Å²) in [6, 6.07) is 8.53. The molecule has 1 aromatic carbocycles. The smallest absolute Gasteiger partial charge is 0.338 e. The molecule has 11 heteroatoms. The molecule has 3 heterocycles. The fourth-order valence-corrected chi connectivity index (χ4v) is 5.85. The minimum absolute atomic E-state index is 0.123. The number of esters is 1. The van der Waals surface area contributed by atoms with E-state index in [1.54, 1.807) is 30.3 Å². The van der Waals surface area contributed by atoms with E-state index in [1.165, 1.54) is 0 Å². The van der Waals surface area contributed by atoms with Crippen molar-refractivity contribution in [2.45, 2.75) is 82.0 Å². The standard InChI is InChI=1S/C21H30O9SSi/c1-21(2,3)32(5,6)30-18-15-13(25-19(22)12-10-8-7-9-11-12)14-17(29-31(4,23)24)16(18)28-20(26-14)27-15/h7-11,13-18,20H,1-6H3/t13-,14+,15-,16+,17-,18-,20-/m1/s1. The van der Waals surface area contributed by atoms with Gasteiger partial charge in [0.2, 0.25) is 0 Å². The van der Waals surface area contributed by atoms with Gasteiger partial charge in [-0.25, -0.2) is 4.79 Å². The SMILES string of the molecule is CC(C)(C)[Si](C)(C)O[C@@H]1[C@@H]2O[C@@H]3O[C@H]1[C@H](OS(C)(=O)=O)[C@@H](O3)[C@H]2OC(=O)c1ccccc1. The van der Waals surface area contributed by atoms with Crippen molar-refractivity contribution in [1.82, 2.24) is 0 Å². The average molecular weight is 487 g/mol. The highest BCUT2D eigenvalue weighted by atomic mass is 32.2. The Bertz CT molecular complexity index is 959. The van der Waals surface area contributed by atoms with Crippen molar-refractivity contribution in [3.63, 3.8) is 0 Å². The van der Waals surface area contributed by atoms with E-state index in [0.29, 0.717) is 5.56 Å². The van der Waals surface area contributed by atoms with Crippen LogP contribution < -0.4 is 0 Å². The van der Waals surface area contributed by atoms with Crippen LogP contribution >= 0.6 is 0 Å². The third kappa shape index (κ3) is 4.52. The predicted molar refractivity (Wildman–Crippen MR) is 116 cm³/mol. The second kappa shape index (κ2) is 8.15. The molecule has 178 valence electrons. The molecular weight excluding hydrogens is 456 g/mol. The lowest BCUT2D eigenvalue weighted by molar-refractivity contribution is -0.476. The molecule has 1 aliphatic carbocycles. The van der Waals surface area contributed by atoms with Crippen LogP contribution in [0.25, 0.3) is 0 Å². The minimum Gasteiger partial charge on any atom is -0.453 e. The van der Waals surface area contributed by atoms with E-state index in [-0.39, 0.29) is 5.04 Å². The topological polar surface area (TPSA) is 107 Å². The van der Waals surface area contributed by atoms with E-state index in [0.717, 1.165) is 6.26 Å². The van der Waals surface area contributed by atoms with Gasteiger partial charge < -0.3 is 23.4 Å². The Morgan fingerprint density at radius 3 is 2.00 bits per heavy atom. The molecule has 5 rings (SSSR count). The number of carbonyl (C=O) groups excluding carboxylic acids is 1. The zero-order valence-corrected chi connectivity index (χ0v) is 20.8. The number of carbonyl (C=O) groups is 1. The van der Waals surface area contributed by atoms with Crippen molar-refractivity contribution in [3.8, 4) is 0 Å². The first kappa shape index (κ1) is 23.8. The van der Waals surface area contributed by atoms with E-state index >= 15 is 0 Å². The van der Waals surface area contributed by atoms with Crippen molar-refractivity contribution in [2.24, 2.45) is 0 Å². The Labute approximate surface area is 189 Å².